The van der Waals surface area contributed by atoms with Crippen LogP contribution < -0.4 is 15.0 Å². The number of nitrogens with zero attached hydrogens (tertiary/aromatic N) is 4. The van der Waals surface area contributed by atoms with Crippen LogP contribution in [0.2, 0.25) is 0 Å². The second-order valence-electron chi connectivity index (χ2n) is 11.3. The van der Waals surface area contributed by atoms with E-state index in [-0.39, 0.29) is 48.1 Å². The summed E-state index contributed by atoms with van der Waals surface area (Å²) in [5.74, 6) is -4.13. The second kappa shape index (κ2) is 11.6. The fraction of sp³-hybridized carbons (Fsp3) is 0.438. The van der Waals surface area contributed by atoms with Crippen LogP contribution in [-0.2, 0) is 0 Å². The van der Waals surface area contributed by atoms with Gasteiger partial charge in [0, 0.05) is 44.0 Å². The van der Waals surface area contributed by atoms with Gasteiger partial charge in [-0.25, -0.2) is 17.6 Å². The van der Waals surface area contributed by atoms with Gasteiger partial charge in [0.05, 0.1) is 11.0 Å². The van der Waals surface area contributed by atoms with E-state index in [1.54, 1.807) is 31.1 Å². The molecular weight excluding hydrogens is 546 g/mol. The number of alkyl halides is 2. The molecular formula is C32H37F4N5O. The van der Waals surface area contributed by atoms with Crippen LogP contribution in [-0.4, -0.2) is 73.7 Å². The smallest absolute Gasteiger partial charge is 0.319 e. The molecule has 1 unspecified atom stereocenters. The first-order valence-corrected chi connectivity index (χ1v) is 14.4. The van der Waals surface area contributed by atoms with Gasteiger partial charge in [-0.2, -0.15) is 9.97 Å². The Balaban J connectivity index is 0.00000173. The van der Waals surface area contributed by atoms with Crippen LogP contribution in [0.3, 0.4) is 0 Å². The van der Waals surface area contributed by atoms with E-state index >= 15 is 8.78 Å². The highest BCUT2D eigenvalue weighted by atomic mass is 19.3. The van der Waals surface area contributed by atoms with Gasteiger partial charge in [0.25, 0.3) is 5.92 Å². The average molecular weight is 584 g/mol. The highest BCUT2D eigenvalue weighted by Gasteiger charge is 2.71. The zero-order valence-corrected chi connectivity index (χ0v) is 24.6. The summed E-state index contributed by atoms with van der Waals surface area (Å²) in [4.78, 5) is 12.5. The number of fused-ring (bicyclic) bond motifs is 2. The van der Waals surface area contributed by atoms with E-state index in [4.69, 9.17) is 4.74 Å². The van der Waals surface area contributed by atoms with Gasteiger partial charge < -0.3 is 19.9 Å². The van der Waals surface area contributed by atoms with Crippen LogP contribution in [0.15, 0.2) is 48.5 Å². The van der Waals surface area contributed by atoms with E-state index < -0.39 is 23.0 Å². The molecule has 10 heteroatoms. The SMILES string of the molecule is CC.CC1CN(c2nc(OC[C@]3(CN(C)C)CC3(F)F)nc3c(F)c(-c4cccc5ccccc45)c(F)cc23)CCN1. The Labute approximate surface area is 243 Å². The molecule has 4 aromatic rings. The molecule has 2 aliphatic rings. The van der Waals surface area contributed by atoms with Gasteiger partial charge in [0.2, 0.25) is 0 Å². The van der Waals surface area contributed by atoms with Crippen LogP contribution in [0.5, 0.6) is 6.01 Å². The molecule has 224 valence electrons. The Morgan fingerprint density at radius 2 is 1.76 bits per heavy atom. The number of hydrogen-bond donors (Lipinski definition) is 1. The second-order valence-corrected chi connectivity index (χ2v) is 11.3. The molecule has 1 aliphatic heterocycles. The van der Waals surface area contributed by atoms with E-state index in [9.17, 15) is 8.78 Å². The Bertz CT molecular complexity index is 1590. The Hall–Kier alpha value is -3.50. The Kier molecular flexibility index (Phi) is 8.31. The van der Waals surface area contributed by atoms with E-state index in [2.05, 4.69) is 15.3 Å². The van der Waals surface area contributed by atoms with E-state index in [0.29, 0.717) is 36.4 Å². The van der Waals surface area contributed by atoms with Crippen molar-refractivity contribution in [3.63, 3.8) is 0 Å². The molecule has 0 bridgehead atoms. The number of rotatable bonds is 7. The number of hydrogen-bond acceptors (Lipinski definition) is 6. The normalized spacial score (nSPS) is 21.4. The van der Waals surface area contributed by atoms with Gasteiger partial charge in [0.15, 0.2) is 5.82 Å². The van der Waals surface area contributed by atoms with Gasteiger partial charge >= 0.3 is 6.01 Å². The molecule has 1 aromatic heterocycles. The fourth-order valence-electron chi connectivity index (χ4n) is 5.84. The number of benzene rings is 3. The number of nitrogens with one attached hydrogen (secondary N) is 1. The highest BCUT2D eigenvalue weighted by Crippen LogP contribution is 2.60. The zero-order chi connectivity index (χ0) is 30.2. The number of aromatic nitrogens is 2. The Morgan fingerprint density at radius 3 is 2.45 bits per heavy atom. The average Bonchev–Trinajstić information content (AvgIpc) is 3.51. The molecule has 0 radical (unpaired) electrons. The summed E-state index contributed by atoms with van der Waals surface area (Å²) in [7, 11) is 3.45. The van der Waals surface area contributed by atoms with Gasteiger partial charge in [-0.1, -0.05) is 56.3 Å². The molecule has 3 aromatic carbocycles. The van der Waals surface area contributed by atoms with E-state index in [1.807, 2.05) is 56.0 Å². The number of halogens is 4. The third-order valence-corrected chi connectivity index (χ3v) is 7.88. The lowest BCUT2D eigenvalue weighted by atomic mass is 9.96. The summed E-state index contributed by atoms with van der Waals surface area (Å²) < 4.78 is 66.8. The van der Waals surface area contributed by atoms with Crippen molar-refractivity contribution in [1.82, 2.24) is 20.2 Å². The summed E-state index contributed by atoms with van der Waals surface area (Å²) in [6.45, 7) is 7.56. The van der Waals surface area contributed by atoms with Crippen LogP contribution in [0.1, 0.15) is 27.2 Å². The molecule has 2 atom stereocenters. The molecule has 2 fully saturated rings. The number of piperazine rings is 1. The predicted molar refractivity (Wildman–Crippen MR) is 159 cm³/mol. The third-order valence-electron chi connectivity index (χ3n) is 7.88. The molecule has 0 amide bonds. The van der Waals surface area contributed by atoms with Crippen molar-refractivity contribution in [2.75, 3.05) is 51.8 Å². The molecule has 6 rings (SSSR count). The molecule has 0 spiro atoms. The topological polar surface area (TPSA) is 53.5 Å². The van der Waals surface area contributed by atoms with Gasteiger partial charge in [-0.05, 0) is 43.4 Å². The van der Waals surface area contributed by atoms with Crippen molar-refractivity contribution < 1.29 is 22.3 Å². The van der Waals surface area contributed by atoms with Crippen molar-refractivity contribution in [3.8, 4) is 17.1 Å². The molecule has 6 nitrogen and oxygen atoms in total. The standard InChI is InChI=1S/C30H31F4N5O.C2H6/c1-18-14-39(12-11-35-18)27-22-13-23(31)24(21-10-6-8-19-7-4-5-9-20(19)21)25(32)26(22)36-28(37-27)40-17-29(16-38(2)3)15-30(29,33)34;1-2/h4-10,13,18,35H,11-12,14-17H2,1-3H3;1-2H3/t18?,29-;/m1./s1. The van der Waals surface area contributed by atoms with E-state index in [0.717, 1.165) is 5.39 Å². The fourth-order valence-corrected chi connectivity index (χ4v) is 5.84. The zero-order valence-electron chi connectivity index (χ0n) is 24.6. The van der Waals surface area contributed by atoms with Crippen LogP contribution >= 0.6 is 0 Å². The first-order chi connectivity index (χ1) is 20.1. The number of anilines is 1. The molecule has 1 saturated carbocycles. The van der Waals surface area contributed by atoms with Crippen LogP contribution in [0.25, 0.3) is 32.8 Å². The van der Waals surface area contributed by atoms with Crippen molar-refractivity contribution in [1.29, 1.82) is 0 Å². The maximum atomic E-state index is 16.4. The molecule has 42 heavy (non-hydrogen) atoms. The summed E-state index contributed by atoms with van der Waals surface area (Å²) >= 11 is 0. The minimum absolute atomic E-state index is 0.111. The van der Waals surface area contributed by atoms with Gasteiger partial charge in [0.1, 0.15) is 23.8 Å². The lowest BCUT2D eigenvalue weighted by Gasteiger charge is -2.33. The summed E-state index contributed by atoms with van der Waals surface area (Å²) in [5, 5.41) is 5.10. The highest BCUT2D eigenvalue weighted by molar-refractivity contribution is 6.00. The minimum atomic E-state index is -2.87. The van der Waals surface area contributed by atoms with Crippen molar-refractivity contribution in [2.24, 2.45) is 5.41 Å². The predicted octanol–water partition coefficient (Wildman–Crippen LogP) is 6.52. The quantitative estimate of drug-likeness (QED) is 0.250. The Morgan fingerprint density at radius 1 is 1.05 bits per heavy atom. The maximum Gasteiger partial charge on any atom is 0.319 e. The van der Waals surface area contributed by atoms with Crippen molar-refractivity contribution in [3.05, 3.63) is 60.2 Å². The minimum Gasteiger partial charge on any atom is -0.463 e. The first kappa shape index (κ1) is 30.0. The van der Waals surface area contributed by atoms with Crippen molar-refractivity contribution >= 4 is 27.5 Å². The van der Waals surface area contributed by atoms with Crippen LogP contribution in [0.4, 0.5) is 23.4 Å². The molecule has 1 saturated heterocycles. The monoisotopic (exact) mass is 583 g/mol. The largest absolute Gasteiger partial charge is 0.463 e. The lowest BCUT2D eigenvalue weighted by molar-refractivity contribution is 0.0288. The van der Waals surface area contributed by atoms with E-state index in [1.165, 1.54) is 6.07 Å². The molecule has 2 heterocycles. The van der Waals surface area contributed by atoms with Crippen molar-refractivity contribution in [2.45, 2.75) is 39.2 Å². The lowest BCUT2D eigenvalue weighted by Crippen LogP contribution is -2.49. The van der Waals surface area contributed by atoms with Crippen LogP contribution in [0, 0.1) is 17.0 Å². The van der Waals surface area contributed by atoms with Gasteiger partial charge in [-0.15, -0.1) is 0 Å². The first-order valence-electron chi connectivity index (χ1n) is 14.4. The summed E-state index contributed by atoms with van der Waals surface area (Å²) in [6.07, 6.45) is -0.307. The van der Waals surface area contributed by atoms with Gasteiger partial charge in [-0.3, -0.25) is 0 Å². The maximum absolute atomic E-state index is 16.4. The molecule has 1 N–H and O–H groups in total. The molecule has 1 aliphatic carbocycles. The summed E-state index contributed by atoms with van der Waals surface area (Å²) in [6, 6.07) is 13.9. The number of ether oxygens (including phenoxy) is 1. The third kappa shape index (κ3) is 5.49. The summed E-state index contributed by atoms with van der Waals surface area (Å²) in [5.41, 5.74) is -1.28.